The Morgan fingerprint density at radius 2 is 1.62 bits per heavy atom. The molecule has 0 fully saturated rings. The minimum atomic E-state index is -2.23. The molecule has 0 saturated heterocycles. The molecule has 0 amide bonds. The summed E-state index contributed by atoms with van der Waals surface area (Å²) in [5.41, 5.74) is 3.55. The highest BCUT2D eigenvalue weighted by atomic mass is 19.2. The molecule has 0 spiro atoms. The molecule has 1 aliphatic heterocycles. The summed E-state index contributed by atoms with van der Waals surface area (Å²) in [6.45, 7) is 0. The van der Waals surface area contributed by atoms with Crippen LogP contribution in [0.2, 0.25) is 0 Å². The van der Waals surface area contributed by atoms with Crippen LogP contribution in [0.3, 0.4) is 0 Å². The Kier molecular flexibility index (Phi) is 4.04. The zero-order valence-corrected chi connectivity index (χ0v) is 14.3. The summed E-state index contributed by atoms with van der Waals surface area (Å²) < 4.78 is 62.6. The maximum absolute atomic E-state index is 14.8. The summed E-state index contributed by atoms with van der Waals surface area (Å²) in [4.78, 5) is 11.6. The van der Waals surface area contributed by atoms with Crippen molar-refractivity contribution >= 4 is 22.6 Å². The zero-order valence-electron chi connectivity index (χ0n) is 14.3. The van der Waals surface area contributed by atoms with E-state index < -0.39 is 40.4 Å². The van der Waals surface area contributed by atoms with Crippen molar-refractivity contribution in [1.82, 2.24) is 0 Å². The van der Waals surface area contributed by atoms with Crippen molar-refractivity contribution < 1.29 is 31.9 Å². The molecule has 5 nitrogen and oxygen atoms in total. The lowest BCUT2D eigenvalue weighted by atomic mass is 9.89. The smallest absolute Gasteiger partial charge is 0.339 e. The number of benzene rings is 3. The third kappa shape index (κ3) is 2.70. The molecule has 0 radical (unpaired) electrons. The quantitative estimate of drug-likeness (QED) is 0.151. The van der Waals surface area contributed by atoms with Crippen LogP contribution < -0.4 is 11.1 Å². The number of nitrogens with two attached hydrogens (primary N) is 1. The molecule has 0 bridgehead atoms. The minimum Gasteiger partial charge on any atom is -0.478 e. The third-order valence-electron chi connectivity index (χ3n) is 4.48. The van der Waals surface area contributed by atoms with Crippen molar-refractivity contribution in [3.8, 4) is 22.5 Å². The molecular formula is C20H10F4N2O3. The van der Waals surface area contributed by atoms with E-state index in [0.717, 1.165) is 0 Å². The van der Waals surface area contributed by atoms with Gasteiger partial charge in [-0.2, -0.15) is 0 Å². The van der Waals surface area contributed by atoms with E-state index in [1.807, 2.05) is 0 Å². The molecular weight excluding hydrogens is 392 g/mol. The number of hydrogen-bond acceptors (Lipinski definition) is 4. The van der Waals surface area contributed by atoms with E-state index in [2.05, 4.69) is 0 Å². The molecule has 2 aromatic carbocycles. The molecule has 146 valence electrons. The highest BCUT2D eigenvalue weighted by Gasteiger charge is 2.32. The van der Waals surface area contributed by atoms with Gasteiger partial charge in [0.1, 0.15) is 16.9 Å². The van der Waals surface area contributed by atoms with Crippen LogP contribution in [0.1, 0.15) is 10.4 Å². The molecule has 4 rings (SSSR count). The molecule has 0 unspecified atom stereocenters. The van der Waals surface area contributed by atoms with Gasteiger partial charge in [0.2, 0.25) is 0 Å². The number of halogens is 4. The maximum Gasteiger partial charge on any atom is 0.339 e. The fourth-order valence-corrected chi connectivity index (χ4v) is 3.24. The van der Waals surface area contributed by atoms with E-state index in [9.17, 15) is 27.5 Å². The van der Waals surface area contributed by atoms with Gasteiger partial charge in [0.25, 0.3) is 0 Å². The van der Waals surface area contributed by atoms with Crippen LogP contribution >= 0.6 is 0 Å². The lowest BCUT2D eigenvalue weighted by molar-refractivity contribution is 0.0690. The van der Waals surface area contributed by atoms with Gasteiger partial charge in [-0.05, 0) is 24.3 Å². The standard InChI is InChI=1S/C20H10F4N2O3/c21-16-14(15(20(27)28)17(22)19(24)18(16)23)13-9-3-1-7(25)5-11(9)29-12-6-8(26)2-4-10(12)13/h1-6,25H,26H2,(H,27,28). The van der Waals surface area contributed by atoms with Crippen molar-refractivity contribution in [2.24, 2.45) is 0 Å². The highest BCUT2D eigenvalue weighted by Crippen LogP contribution is 2.44. The number of hydrogen-bond donors (Lipinski definition) is 3. The molecule has 4 N–H and O–H groups in total. The van der Waals surface area contributed by atoms with Crippen molar-refractivity contribution in [2.45, 2.75) is 0 Å². The number of aromatic carboxylic acids is 1. The Balaban J connectivity index is 2.31. The Morgan fingerprint density at radius 3 is 2.31 bits per heavy atom. The van der Waals surface area contributed by atoms with Crippen molar-refractivity contribution in [2.75, 3.05) is 5.73 Å². The van der Waals surface area contributed by atoms with Crippen molar-refractivity contribution in [3.63, 3.8) is 0 Å². The maximum atomic E-state index is 14.8. The SMILES string of the molecule is N=c1ccc2c(-c3c(F)c(F)c(F)c(F)c3C(=O)O)c3ccc(N)cc3oc-2c1. The largest absolute Gasteiger partial charge is 0.478 e. The first-order chi connectivity index (χ1) is 13.7. The molecule has 29 heavy (non-hydrogen) atoms. The Labute approximate surface area is 159 Å². The van der Waals surface area contributed by atoms with Gasteiger partial charge in [-0.3, -0.25) is 0 Å². The fraction of sp³-hybridized carbons (Fsp3) is 0. The normalized spacial score (nSPS) is 11.3. The van der Waals surface area contributed by atoms with Gasteiger partial charge < -0.3 is 20.7 Å². The average molecular weight is 402 g/mol. The Bertz CT molecular complexity index is 1360. The first-order valence-electron chi connectivity index (χ1n) is 8.11. The predicted octanol–water partition coefficient (Wildman–Crippen LogP) is 4.52. The van der Waals surface area contributed by atoms with Crippen LogP contribution in [-0.2, 0) is 0 Å². The van der Waals surface area contributed by atoms with Gasteiger partial charge in [0, 0.05) is 39.9 Å². The summed E-state index contributed by atoms with van der Waals surface area (Å²) in [6, 6.07) is 8.00. The van der Waals surface area contributed by atoms with Crippen molar-refractivity contribution in [1.29, 1.82) is 5.41 Å². The molecule has 2 aromatic rings. The van der Waals surface area contributed by atoms with Gasteiger partial charge in [0.15, 0.2) is 23.3 Å². The molecule has 0 saturated carbocycles. The summed E-state index contributed by atoms with van der Waals surface area (Å²) in [7, 11) is 0. The summed E-state index contributed by atoms with van der Waals surface area (Å²) in [5.74, 6) is -10.2. The van der Waals surface area contributed by atoms with Gasteiger partial charge in [-0.15, -0.1) is 0 Å². The van der Waals surface area contributed by atoms with Crippen LogP contribution in [0.25, 0.3) is 33.4 Å². The number of carbonyl (C=O) groups is 1. The molecule has 1 aliphatic carbocycles. The number of fused-ring (bicyclic) bond motifs is 2. The number of nitrogens with one attached hydrogen (secondary N) is 1. The molecule has 0 aromatic heterocycles. The van der Waals surface area contributed by atoms with Crippen LogP contribution in [0.5, 0.6) is 0 Å². The van der Waals surface area contributed by atoms with Gasteiger partial charge >= 0.3 is 5.97 Å². The second-order valence-electron chi connectivity index (χ2n) is 6.25. The van der Waals surface area contributed by atoms with E-state index in [-0.39, 0.29) is 38.9 Å². The summed E-state index contributed by atoms with van der Waals surface area (Å²) in [5, 5.41) is 17.3. The second kappa shape index (κ2) is 6.33. The number of rotatable bonds is 2. The number of nitrogen functional groups attached to an aromatic ring is 1. The highest BCUT2D eigenvalue weighted by molar-refractivity contribution is 6.08. The first-order valence-corrected chi connectivity index (χ1v) is 8.11. The number of anilines is 1. The van der Waals surface area contributed by atoms with Crippen LogP contribution in [0, 0.1) is 28.7 Å². The Morgan fingerprint density at radius 1 is 0.931 bits per heavy atom. The lowest BCUT2D eigenvalue weighted by Gasteiger charge is -2.18. The lowest BCUT2D eigenvalue weighted by Crippen LogP contribution is -2.12. The van der Waals surface area contributed by atoms with Crippen LogP contribution in [0.4, 0.5) is 23.2 Å². The fourth-order valence-electron chi connectivity index (χ4n) is 3.24. The third-order valence-corrected chi connectivity index (χ3v) is 4.48. The van der Waals surface area contributed by atoms with E-state index in [0.29, 0.717) is 0 Å². The topological polar surface area (TPSA) is 100 Å². The summed E-state index contributed by atoms with van der Waals surface area (Å²) in [6.07, 6.45) is 0. The van der Waals surface area contributed by atoms with Gasteiger partial charge in [0.05, 0.1) is 5.36 Å². The van der Waals surface area contributed by atoms with Crippen LogP contribution in [-0.4, -0.2) is 11.1 Å². The van der Waals surface area contributed by atoms with E-state index in [1.54, 1.807) is 0 Å². The zero-order chi connectivity index (χ0) is 21.0. The molecule has 1 heterocycles. The van der Waals surface area contributed by atoms with Gasteiger partial charge in [-0.25, -0.2) is 22.4 Å². The van der Waals surface area contributed by atoms with Crippen molar-refractivity contribution in [3.05, 3.63) is 70.6 Å². The molecule has 0 atom stereocenters. The minimum absolute atomic E-state index is 0.0193. The van der Waals surface area contributed by atoms with E-state index >= 15 is 0 Å². The average Bonchev–Trinajstić information content (AvgIpc) is 2.66. The van der Waals surface area contributed by atoms with E-state index in [4.69, 9.17) is 15.6 Å². The van der Waals surface area contributed by atoms with E-state index in [1.165, 1.54) is 36.4 Å². The molecule has 2 aliphatic rings. The Hall–Kier alpha value is -3.88. The number of carboxylic acid groups (broad SMARTS) is 1. The second-order valence-corrected chi connectivity index (χ2v) is 6.25. The summed E-state index contributed by atoms with van der Waals surface area (Å²) >= 11 is 0. The monoisotopic (exact) mass is 402 g/mol. The number of carboxylic acids is 1. The molecule has 9 heteroatoms. The predicted molar refractivity (Wildman–Crippen MR) is 95.3 cm³/mol. The van der Waals surface area contributed by atoms with Crippen LogP contribution in [0.15, 0.2) is 40.8 Å². The van der Waals surface area contributed by atoms with Gasteiger partial charge in [-0.1, -0.05) is 0 Å². The first kappa shape index (κ1) is 18.5.